The van der Waals surface area contributed by atoms with Gasteiger partial charge in [-0.25, -0.2) is 23.5 Å². The summed E-state index contributed by atoms with van der Waals surface area (Å²) in [6.07, 6.45) is 1.51. The van der Waals surface area contributed by atoms with Crippen molar-refractivity contribution in [2.45, 2.75) is 6.92 Å². The summed E-state index contributed by atoms with van der Waals surface area (Å²) in [5, 5.41) is 0.0373. The molecule has 0 fully saturated rings. The summed E-state index contributed by atoms with van der Waals surface area (Å²) < 4.78 is 19.4. The minimum absolute atomic E-state index is 0.0373. The number of rotatable bonds is 1. The van der Waals surface area contributed by atoms with E-state index in [-0.39, 0.29) is 16.5 Å². The number of hydrogen-bond donors (Lipinski definition) is 0. The largest absolute Gasteiger partial charge is 0.428 e. The highest BCUT2D eigenvalue weighted by molar-refractivity contribution is 5.82. The summed E-state index contributed by atoms with van der Waals surface area (Å²) in [6, 6.07) is 7.56. The maximum atomic E-state index is 13.6. The third kappa shape index (κ3) is 1.73. The third-order valence-corrected chi connectivity index (χ3v) is 3.06. The van der Waals surface area contributed by atoms with Crippen LogP contribution in [0.4, 0.5) is 4.39 Å². The second-order valence-electron chi connectivity index (χ2n) is 4.25. The monoisotopic (exact) mass is 272 g/mol. The van der Waals surface area contributed by atoms with Crippen molar-refractivity contribution in [2.75, 3.05) is 0 Å². The number of aromatic nitrogens is 2. The van der Waals surface area contributed by atoms with E-state index in [1.165, 1.54) is 25.3 Å². The molecule has 20 heavy (non-hydrogen) atoms. The maximum Gasteiger partial charge on any atom is 0.428 e. The van der Waals surface area contributed by atoms with Crippen LogP contribution in [0.15, 0.2) is 50.5 Å². The van der Waals surface area contributed by atoms with Gasteiger partial charge in [0.05, 0.1) is 10.9 Å². The van der Waals surface area contributed by atoms with E-state index in [1.807, 2.05) is 0 Å². The van der Waals surface area contributed by atoms with E-state index in [1.54, 1.807) is 18.2 Å². The van der Waals surface area contributed by atoms with Crippen LogP contribution in [0.25, 0.3) is 16.7 Å². The van der Waals surface area contributed by atoms with Gasteiger partial charge >= 0.3 is 11.4 Å². The molecule has 3 rings (SSSR count). The van der Waals surface area contributed by atoms with E-state index < -0.39 is 17.2 Å². The van der Waals surface area contributed by atoms with Gasteiger partial charge in [-0.2, -0.15) is 0 Å². The third-order valence-electron chi connectivity index (χ3n) is 3.06. The standard InChI is InChI=1S/C14H9FN2O3/c1-8-9(15)5-6-10-12(8)13(18)20-14(19)17(10)11-4-2-3-7-16-11/h2-7H,1H3. The number of nitrogens with zero attached hydrogens (tertiary/aromatic N) is 2. The van der Waals surface area contributed by atoms with Gasteiger partial charge in [0.15, 0.2) is 0 Å². The number of benzene rings is 1. The Morgan fingerprint density at radius 3 is 2.70 bits per heavy atom. The van der Waals surface area contributed by atoms with E-state index in [0.29, 0.717) is 5.82 Å². The van der Waals surface area contributed by atoms with Crippen molar-refractivity contribution >= 4 is 10.9 Å². The predicted molar refractivity (Wildman–Crippen MR) is 70.6 cm³/mol. The Balaban J connectivity index is 2.54. The zero-order valence-corrected chi connectivity index (χ0v) is 10.5. The highest BCUT2D eigenvalue weighted by Crippen LogP contribution is 2.18. The van der Waals surface area contributed by atoms with Gasteiger partial charge in [0.25, 0.3) is 0 Å². The molecule has 0 N–H and O–H groups in total. The Kier molecular flexibility index (Phi) is 2.71. The summed E-state index contributed by atoms with van der Waals surface area (Å²) in [4.78, 5) is 27.8. The average molecular weight is 272 g/mol. The van der Waals surface area contributed by atoms with Crippen LogP contribution in [0.2, 0.25) is 0 Å². The van der Waals surface area contributed by atoms with Gasteiger partial charge in [0, 0.05) is 11.8 Å². The fourth-order valence-electron chi connectivity index (χ4n) is 2.09. The molecule has 0 bridgehead atoms. The number of fused-ring (bicyclic) bond motifs is 1. The van der Waals surface area contributed by atoms with E-state index in [0.717, 1.165) is 4.57 Å². The molecule has 0 aliphatic carbocycles. The Hall–Kier alpha value is -2.76. The second-order valence-corrected chi connectivity index (χ2v) is 4.25. The molecular weight excluding hydrogens is 263 g/mol. The van der Waals surface area contributed by atoms with E-state index >= 15 is 0 Å². The molecule has 0 saturated heterocycles. The highest BCUT2D eigenvalue weighted by Gasteiger charge is 2.15. The van der Waals surface area contributed by atoms with Gasteiger partial charge in [-0.05, 0) is 31.2 Å². The van der Waals surface area contributed by atoms with Crippen molar-refractivity contribution in [3.05, 3.63) is 68.9 Å². The minimum Gasteiger partial charge on any atom is -0.372 e. The van der Waals surface area contributed by atoms with Crippen LogP contribution in [0.5, 0.6) is 0 Å². The molecule has 0 aliphatic rings. The summed E-state index contributed by atoms with van der Waals surface area (Å²) in [5.41, 5.74) is -0.445. The molecule has 2 aromatic heterocycles. The molecule has 5 nitrogen and oxygen atoms in total. The van der Waals surface area contributed by atoms with Crippen molar-refractivity contribution in [3.8, 4) is 5.82 Å². The van der Waals surface area contributed by atoms with Crippen LogP contribution >= 0.6 is 0 Å². The molecule has 2 heterocycles. The highest BCUT2D eigenvalue weighted by atomic mass is 19.1. The minimum atomic E-state index is -0.854. The van der Waals surface area contributed by atoms with Crippen molar-refractivity contribution in [2.24, 2.45) is 0 Å². The van der Waals surface area contributed by atoms with Crippen LogP contribution < -0.4 is 11.4 Å². The van der Waals surface area contributed by atoms with Gasteiger partial charge in [-0.1, -0.05) is 6.07 Å². The first kappa shape index (κ1) is 12.3. The lowest BCUT2D eigenvalue weighted by Crippen LogP contribution is -2.25. The lowest BCUT2D eigenvalue weighted by molar-refractivity contribution is 0.442. The molecule has 3 aromatic rings. The van der Waals surface area contributed by atoms with Crippen LogP contribution in [-0.2, 0) is 0 Å². The molecule has 0 aliphatic heterocycles. The summed E-state index contributed by atoms with van der Waals surface area (Å²) in [7, 11) is 0. The first-order chi connectivity index (χ1) is 9.59. The second kappa shape index (κ2) is 4.41. The van der Waals surface area contributed by atoms with Crippen LogP contribution in [-0.4, -0.2) is 9.55 Å². The average Bonchev–Trinajstić information content (AvgIpc) is 2.43. The number of aryl methyl sites for hydroxylation is 1. The topological polar surface area (TPSA) is 65.1 Å². The summed E-state index contributed by atoms with van der Waals surface area (Å²) >= 11 is 0. The molecule has 0 saturated carbocycles. The summed E-state index contributed by atoms with van der Waals surface area (Å²) in [5.74, 6) is -1.08. The van der Waals surface area contributed by atoms with Crippen LogP contribution in [0.1, 0.15) is 5.56 Å². The SMILES string of the molecule is Cc1c(F)ccc2c1c(=O)oc(=O)n2-c1ccccn1. The Labute approximate surface area is 111 Å². The normalized spacial score (nSPS) is 10.9. The quantitative estimate of drug-likeness (QED) is 0.677. The fourth-order valence-corrected chi connectivity index (χ4v) is 2.09. The van der Waals surface area contributed by atoms with Crippen molar-refractivity contribution in [1.82, 2.24) is 9.55 Å². The zero-order chi connectivity index (χ0) is 14.3. The van der Waals surface area contributed by atoms with Gasteiger partial charge in [0.1, 0.15) is 11.6 Å². The lowest BCUT2D eigenvalue weighted by Gasteiger charge is -2.08. The Bertz CT molecular complexity index is 913. The lowest BCUT2D eigenvalue weighted by atomic mass is 10.1. The first-order valence-corrected chi connectivity index (χ1v) is 5.86. The Morgan fingerprint density at radius 2 is 2.00 bits per heavy atom. The molecule has 100 valence electrons. The smallest absolute Gasteiger partial charge is 0.372 e. The number of halogens is 1. The van der Waals surface area contributed by atoms with Crippen LogP contribution in [0, 0.1) is 12.7 Å². The molecule has 1 aromatic carbocycles. The van der Waals surface area contributed by atoms with E-state index in [4.69, 9.17) is 0 Å². The van der Waals surface area contributed by atoms with Crippen molar-refractivity contribution in [3.63, 3.8) is 0 Å². The zero-order valence-electron chi connectivity index (χ0n) is 10.5. The molecule has 0 spiro atoms. The van der Waals surface area contributed by atoms with E-state index in [2.05, 4.69) is 9.40 Å². The van der Waals surface area contributed by atoms with Crippen molar-refractivity contribution in [1.29, 1.82) is 0 Å². The Morgan fingerprint density at radius 1 is 1.20 bits per heavy atom. The fraction of sp³-hybridized carbons (Fsp3) is 0.0714. The first-order valence-electron chi connectivity index (χ1n) is 5.86. The molecule has 0 amide bonds. The number of hydrogen-bond acceptors (Lipinski definition) is 4. The molecule has 0 radical (unpaired) electrons. The van der Waals surface area contributed by atoms with Gasteiger partial charge in [0.2, 0.25) is 0 Å². The van der Waals surface area contributed by atoms with Crippen LogP contribution in [0.3, 0.4) is 0 Å². The van der Waals surface area contributed by atoms with Crippen molar-refractivity contribution < 1.29 is 8.81 Å². The maximum absolute atomic E-state index is 13.6. The van der Waals surface area contributed by atoms with Gasteiger partial charge in [-0.3, -0.25) is 0 Å². The van der Waals surface area contributed by atoms with Gasteiger partial charge in [-0.15, -0.1) is 0 Å². The molecule has 0 unspecified atom stereocenters. The molecular formula is C14H9FN2O3. The molecule has 6 heteroatoms. The predicted octanol–water partition coefficient (Wildman–Crippen LogP) is 1.79. The van der Waals surface area contributed by atoms with E-state index in [9.17, 15) is 14.0 Å². The summed E-state index contributed by atoms with van der Waals surface area (Å²) in [6.45, 7) is 1.46. The molecule has 0 atom stereocenters. The number of pyridine rings is 1. The van der Waals surface area contributed by atoms with Gasteiger partial charge < -0.3 is 4.42 Å².